The summed E-state index contributed by atoms with van der Waals surface area (Å²) in [6, 6.07) is 20.7. The topological polar surface area (TPSA) is 37.3 Å². The molecule has 0 heterocycles. The van der Waals surface area contributed by atoms with E-state index in [1.54, 1.807) is 19.9 Å². The van der Waals surface area contributed by atoms with Gasteiger partial charge in [0.1, 0.15) is 0 Å². The highest BCUT2D eigenvalue weighted by molar-refractivity contribution is 5.85. The van der Waals surface area contributed by atoms with E-state index >= 15 is 0 Å². The molecule has 0 amide bonds. The maximum Gasteiger partial charge on any atom is 0.330 e. The Morgan fingerprint density at radius 1 is 0.917 bits per heavy atom. The van der Waals surface area contributed by atoms with Gasteiger partial charge < -0.3 is 5.11 Å². The van der Waals surface area contributed by atoms with Gasteiger partial charge in [0.25, 0.3) is 0 Å². The van der Waals surface area contributed by atoms with Crippen LogP contribution in [-0.4, -0.2) is 11.1 Å². The minimum atomic E-state index is -0.845. The van der Waals surface area contributed by atoms with Gasteiger partial charge in [-0.2, -0.15) is 0 Å². The van der Waals surface area contributed by atoms with Gasteiger partial charge in [0.15, 0.2) is 0 Å². The first-order valence-electron chi connectivity index (χ1n) is 7.86. The third-order valence-corrected chi connectivity index (χ3v) is 3.43. The first kappa shape index (κ1) is 19.2. The van der Waals surface area contributed by atoms with Crippen LogP contribution in [-0.2, 0) is 4.79 Å². The van der Waals surface area contributed by atoms with E-state index in [1.165, 1.54) is 16.7 Å². The van der Waals surface area contributed by atoms with Crippen LogP contribution in [0.15, 0.2) is 84.5 Å². The number of aliphatic carboxylic acids is 1. The van der Waals surface area contributed by atoms with Gasteiger partial charge in [0.05, 0.1) is 0 Å². The van der Waals surface area contributed by atoms with Gasteiger partial charge in [-0.25, -0.2) is 4.79 Å². The second-order valence-corrected chi connectivity index (χ2v) is 5.26. The minimum Gasteiger partial charge on any atom is -0.478 e. The molecule has 24 heavy (non-hydrogen) atoms. The Morgan fingerprint density at radius 3 is 1.92 bits per heavy atom. The van der Waals surface area contributed by atoms with Crippen LogP contribution in [0.1, 0.15) is 31.9 Å². The monoisotopic (exact) mass is 320 g/mol. The molecule has 0 saturated heterocycles. The average molecular weight is 320 g/mol. The number of rotatable bonds is 4. The molecular weight excluding hydrogens is 296 g/mol. The Kier molecular flexibility index (Phi) is 8.62. The van der Waals surface area contributed by atoms with Crippen LogP contribution in [0, 0.1) is 0 Å². The van der Waals surface area contributed by atoms with E-state index in [9.17, 15) is 4.79 Å². The Morgan fingerprint density at radius 2 is 1.46 bits per heavy atom. The van der Waals surface area contributed by atoms with Crippen molar-refractivity contribution in [2.45, 2.75) is 20.8 Å². The SMILES string of the molecule is CC(=CC=Cc1ccccc1)c1ccccc1.CC=C(C)C(=O)O. The Labute approximate surface area is 144 Å². The first-order valence-corrected chi connectivity index (χ1v) is 7.86. The lowest BCUT2D eigenvalue weighted by Crippen LogP contribution is -1.93. The van der Waals surface area contributed by atoms with E-state index in [0.717, 1.165) is 0 Å². The summed E-state index contributed by atoms with van der Waals surface area (Å²) in [5.41, 5.74) is 4.16. The van der Waals surface area contributed by atoms with Crippen molar-refractivity contribution in [2.24, 2.45) is 0 Å². The zero-order valence-electron chi connectivity index (χ0n) is 14.4. The number of benzene rings is 2. The first-order chi connectivity index (χ1) is 11.5. The quantitative estimate of drug-likeness (QED) is 0.567. The number of carboxylic acid groups (broad SMARTS) is 1. The Hall–Kier alpha value is -2.87. The van der Waals surface area contributed by atoms with Gasteiger partial charge in [0, 0.05) is 5.57 Å². The van der Waals surface area contributed by atoms with Gasteiger partial charge in [-0.3, -0.25) is 0 Å². The zero-order valence-corrected chi connectivity index (χ0v) is 14.4. The highest BCUT2D eigenvalue weighted by atomic mass is 16.4. The maximum atomic E-state index is 9.86. The molecule has 0 bridgehead atoms. The van der Waals surface area contributed by atoms with E-state index in [0.29, 0.717) is 5.57 Å². The van der Waals surface area contributed by atoms with E-state index in [2.05, 4.69) is 61.5 Å². The summed E-state index contributed by atoms with van der Waals surface area (Å²) in [4.78, 5) is 9.86. The molecule has 124 valence electrons. The predicted molar refractivity (Wildman–Crippen MR) is 103 cm³/mol. The van der Waals surface area contributed by atoms with Gasteiger partial charge in [-0.1, -0.05) is 85.0 Å². The zero-order chi connectivity index (χ0) is 17.8. The molecule has 2 aromatic carbocycles. The summed E-state index contributed by atoms with van der Waals surface area (Å²) in [5.74, 6) is -0.845. The fourth-order valence-electron chi connectivity index (χ4n) is 1.79. The lowest BCUT2D eigenvalue weighted by Gasteiger charge is -1.98. The maximum absolute atomic E-state index is 9.86. The fourth-order valence-corrected chi connectivity index (χ4v) is 1.79. The summed E-state index contributed by atoms with van der Waals surface area (Å²) < 4.78 is 0. The van der Waals surface area contributed by atoms with Crippen LogP contribution in [0.2, 0.25) is 0 Å². The van der Waals surface area contributed by atoms with Gasteiger partial charge in [-0.05, 0) is 37.5 Å². The number of carboxylic acids is 1. The van der Waals surface area contributed by atoms with Crippen molar-refractivity contribution < 1.29 is 9.90 Å². The minimum absolute atomic E-state index is 0.389. The molecule has 2 nitrogen and oxygen atoms in total. The van der Waals surface area contributed by atoms with Crippen molar-refractivity contribution in [3.8, 4) is 0 Å². The number of carbonyl (C=O) groups is 1. The molecule has 2 rings (SSSR count). The van der Waals surface area contributed by atoms with Crippen LogP contribution in [0.4, 0.5) is 0 Å². The highest BCUT2D eigenvalue weighted by Crippen LogP contribution is 2.13. The molecule has 0 radical (unpaired) electrons. The molecule has 0 aliphatic rings. The van der Waals surface area contributed by atoms with Crippen molar-refractivity contribution in [3.05, 3.63) is 95.6 Å². The van der Waals surface area contributed by atoms with Gasteiger partial charge in [-0.15, -0.1) is 0 Å². The van der Waals surface area contributed by atoms with Crippen molar-refractivity contribution >= 4 is 17.6 Å². The van der Waals surface area contributed by atoms with Crippen LogP contribution >= 0.6 is 0 Å². The molecule has 1 N–H and O–H groups in total. The molecule has 0 saturated carbocycles. The fraction of sp³-hybridized carbons (Fsp3) is 0.136. The van der Waals surface area contributed by atoms with Crippen LogP contribution in [0.25, 0.3) is 11.6 Å². The van der Waals surface area contributed by atoms with Gasteiger partial charge >= 0.3 is 5.97 Å². The standard InChI is InChI=1S/C17H16.C5H8O2/c1-15(17-13-6-3-7-14-17)9-8-12-16-10-4-2-5-11-16;1-3-4(2)5(6)7/h2-14H,1H3;3H,1-2H3,(H,6,7). The smallest absolute Gasteiger partial charge is 0.330 e. The molecule has 0 spiro atoms. The molecule has 0 atom stereocenters. The van der Waals surface area contributed by atoms with Crippen molar-refractivity contribution in [1.82, 2.24) is 0 Å². The second-order valence-electron chi connectivity index (χ2n) is 5.26. The van der Waals surface area contributed by atoms with Crippen LogP contribution in [0.3, 0.4) is 0 Å². The molecule has 0 aliphatic heterocycles. The molecular formula is C22H24O2. The summed E-state index contributed by atoms with van der Waals surface area (Å²) in [6.07, 6.45) is 7.91. The van der Waals surface area contributed by atoms with Gasteiger partial charge in [0.2, 0.25) is 0 Å². The molecule has 0 fully saturated rings. The van der Waals surface area contributed by atoms with Crippen molar-refractivity contribution in [1.29, 1.82) is 0 Å². The van der Waals surface area contributed by atoms with E-state index < -0.39 is 5.97 Å². The third-order valence-electron chi connectivity index (χ3n) is 3.43. The van der Waals surface area contributed by atoms with Crippen molar-refractivity contribution in [2.75, 3.05) is 0 Å². The molecule has 0 aromatic heterocycles. The summed E-state index contributed by atoms with van der Waals surface area (Å²) in [7, 11) is 0. The largest absolute Gasteiger partial charge is 0.478 e. The Bertz CT molecular complexity index is 708. The third kappa shape index (κ3) is 7.41. The average Bonchev–Trinajstić information content (AvgIpc) is 2.63. The number of hydrogen-bond donors (Lipinski definition) is 1. The molecule has 0 unspecified atom stereocenters. The summed E-state index contributed by atoms with van der Waals surface area (Å²) in [5, 5.41) is 8.11. The molecule has 2 aromatic rings. The predicted octanol–water partition coefficient (Wildman–Crippen LogP) is 5.84. The molecule has 0 aliphatic carbocycles. The highest BCUT2D eigenvalue weighted by Gasteiger charge is 1.93. The number of allylic oxidation sites excluding steroid dienone is 4. The summed E-state index contributed by atoms with van der Waals surface area (Å²) in [6.45, 7) is 5.39. The van der Waals surface area contributed by atoms with E-state index in [1.807, 2.05) is 24.3 Å². The lowest BCUT2D eigenvalue weighted by atomic mass is 10.1. The Balaban J connectivity index is 0.000000351. The van der Waals surface area contributed by atoms with E-state index in [4.69, 9.17) is 5.11 Å². The second kappa shape index (κ2) is 10.8. The molecule has 2 heteroatoms. The number of hydrogen-bond acceptors (Lipinski definition) is 1. The summed E-state index contributed by atoms with van der Waals surface area (Å²) >= 11 is 0. The van der Waals surface area contributed by atoms with E-state index in [-0.39, 0.29) is 0 Å². The lowest BCUT2D eigenvalue weighted by molar-refractivity contribution is -0.132. The normalized spacial score (nSPS) is 11.8. The van der Waals surface area contributed by atoms with Crippen LogP contribution < -0.4 is 0 Å². The van der Waals surface area contributed by atoms with Crippen LogP contribution in [0.5, 0.6) is 0 Å². The van der Waals surface area contributed by atoms with Crippen molar-refractivity contribution in [3.63, 3.8) is 0 Å².